The van der Waals surface area contributed by atoms with E-state index in [1.807, 2.05) is 19.2 Å². The van der Waals surface area contributed by atoms with Crippen molar-refractivity contribution >= 4 is 17.6 Å². The van der Waals surface area contributed by atoms with Gasteiger partial charge in [-0.1, -0.05) is 0 Å². The van der Waals surface area contributed by atoms with Gasteiger partial charge in [-0.05, 0) is 13.0 Å². The van der Waals surface area contributed by atoms with Crippen LogP contribution in [-0.2, 0) is 9.59 Å². The van der Waals surface area contributed by atoms with Crippen LogP contribution < -0.4 is 10.2 Å². The van der Waals surface area contributed by atoms with Gasteiger partial charge in [-0.3, -0.25) is 4.98 Å². The van der Waals surface area contributed by atoms with Gasteiger partial charge in [0.1, 0.15) is 6.07 Å². The number of nitriles is 1. The third-order valence-electron chi connectivity index (χ3n) is 4.01. The first-order valence-corrected chi connectivity index (χ1v) is 7.39. The Morgan fingerprint density at radius 1 is 1.38 bits per heavy atom. The molecule has 2 fully saturated rings. The highest BCUT2D eigenvalue weighted by atomic mass is 16.4. The predicted molar refractivity (Wildman–Crippen MR) is 85.6 cm³/mol. The number of hydrogen-bond acceptors (Lipinski definition) is 6. The standard InChI is InChI=1S/C12H14N4.C4H4O4/c1-8-9(3-13)2-11(5-14-8)16-6-10-4-15-12(10)7-16;5-3(6)1-2-4(7)8/h2,5,10,12,15H,4,6-7H2,1H3;1-2H,(H,5,6)(H,7,8)/b;2-1+/t10-,12+;/m1./s1. The van der Waals surface area contributed by atoms with Gasteiger partial charge in [0.05, 0.1) is 23.1 Å². The van der Waals surface area contributed by atoms with Crippen LogP contribution in [0.4, 0.5) is 5.69 Å². The van der Waals surface area contributed by atoms with Gasteiger partial charge in [0, 0.05) is 43.7 Å². The molecule has 3 N–H and O–H groups in total. The number of pyridine rings is 1. The zero-order chi connectivity index (χ0) is 17.7. The number of aromatic nitrogens is 1. The summed E-state index contributed by atoms with van der Waals surface area (Å²) in [4.78, 5) is 25.7. The molecule has 0 aromatic carbocycles. The van der Waals surface area contributed by atoms with Gasteiger partial charge in [-0.25, -0.2) is 9.59 Å². The quantitative estimate of drug-likeness (QED) is 0.679. The summed E-state index contributed by atoms with van der Waals surface area (Å²) in [5.41, 5.74) is 2.58. The third-order valence-corrected chi connectivity index (χ3v) is 4.01. The molecule has 0 amide bonds. The van der Waals surface area contributed by atoms with Crippen LogP contribution in [0.25, 0.3) is 0 Å². The van der Waals surface area contributed by atoms with E-state index >= 15 is 0 Å². The van der Waals surface area contributed by atoms with Crippen molar-refractivity contribution in [3.63, 3.8) is 0 Å². The molecule has 8 nitrogen and oxygen atoms in total. The molecule has 24 heavy (non-hydrogen) atoms. The lowest BCUT2D eigenvalue weighted by atomic mass is 9.96. The Bertz CT molecular complexity index is 683. The van der Waals surface area contributed by atoms with Crippen molar-refractivity contribution < 1.29 is 19.8 Å². The number of nitrogens with one attached hydrogen (secondary N) is 1. The van der Waals surface area contributed by atoms with E-state index in [-0.39, 0.29) is 0 Å². The lowest BCUT2D eigenvalue weighted by Crippen LogP contribution is -2.51. The molecule has 0 saturated carbocycles. The number of carbonyl (C=O) groups is 2. The predicted octanol–water partition coefficient (Wildman–Crippen LogP) is 0.381. The van der Waals surface area contributed by atoms with Crippen molar-refractivity contribution in [2.75, 3.05) is 24.5 Å². The molecule has 3 heterocycles. The zero-order valence-corrected chi connectivity index (χ0v) is 13.1. The average Bonchev–Trinajstić information content (AvgIpc) is 2.82. The van der Waals surface area contributed by atoms with Crippen molar-refractivity contribution in [1.29, 1.82) is 5.26 Å². The molecule has 126 valence electrons. The first-order valence-electron chi connectivity index (χ1n) is 7.39. The van der Waals surface area contributed by atoms with Gasteiger partial charge < -0.3 is 20.4 Å². The van der Waals surface area contributed by atoms with Gasteiger partial charge in [0.15, 0.2) is 0 Å². The molecule has 2 aliphatic rings. The van der Waals surface area contributed by atoms with Gasteiger partial charge >= 0.3 is 11.9 Å². The molecule has 1 aromatic heterocycles. The van der Waals surface area contributed by atoms with Gasteiger partial charge in [0.2, 0.25) is 0 Å². The summed E-state index contributed by atoms with van der Waals surface area (Å²) in [6, 6.07) is 4.79. The van der Waals surface area contributed by atoms with E-state index in [2.05, 4.69) is 21.3 Å². The monoisotopic (exact) mass is 330 g/mol. The molecule has 0 unspecified atom stereocenters. The number of nitrogens with zero attached hydrogens (tertiary/aromatic N) is 3. The normalized spacial score (nSPS) is 21.2. The Kier molecular flexibility index (Phi) is 5.50. The fourth-order valence-electron chi connectivity index (χ4n) is 2.61. The minimum absolute atomic E-state index is 0.558. The Morgan fingerprint density at radius 2 is 2.04 bits per heavy atom. The smallest absolute Gasteiger partial charge is 0.328 e. The second-order valence-electron chi connectivity index (χ2n) is 5.63. The summed E-state index contributed by atoms with van der Waals surface area (Å²) in [6.07, 6.45) is 2.99. The van der Waals surface area contributed by atoms with Crippen molar-refractivity contribution in [3.05, 3.63) is 35.7 Å². The fourth-order valence-corrected chi connectivity index (χ4v) is 2.61. The van der Waals surface area contributed by atoms with E-state index in [0.717, 1.165) is 36.9 Å². The van der Waals surface area contributed by atoms with Crippen LogP contribution in [0, 0.1) is 24.2 Å². The number of anilines is 1. The van der Waals surface area contributed by atoms with Gasteiger partial charge in [0.25, 0.3) is 0 Å². The lowest BCUT2D eigenvalue weighted by molar-refractivity contribution is -0.134. The van der Waals surface area contributed by atoms with Crippen LogP contribution in [0.3, 0.4) is 0 Å². The Morgan fingerprint density at radius 3 is 2.46 bits per heavy atom. The van der Waals surface area contributed by atoms with E-state index in [9.17, 15) is 9.59 Å². The number of hydrogen-bond donors (Lipinski definition) is 3. The SMILES string of the molecule is Cc1ncc(N2C[C@H]3CN[C@H]3C2)cc1C#N.O=C(O)/C=C/C(=O)O. The summed E-state index contributed by atoms with van der Waals surface area (Å²) in [5.74, 6) is -1.73. The second-order valence-corrected chi connectivity index (χ2v) is 5.63. The summed E-state index contributed by atoms with van der Waals surface area (Å²) in [5, 5.41) is 28.0. The zero-order valence-electron chi connectivity index (χ0n) is 13.1. The van der Waals surface area contributed by atoms with E-state index in [0.29, 0.717) is 23.8 Å². The minimum Gasteiger partial charge on any atom is -0.478 e. The highest BCUT2D eigenvalue weighted by molar-refractivity contribution is 5.89. The third kappa shape index (κ3) is 4.30. The molecule has 2 aliphatic heterocycles. The summed E-state index contributed by atoms with van der Waals surface area (Å²) >= 11 is 0. The van der Waals surface area contributed by atoms with Crippen LogP contribution >= 0.6 is 0 Å². The van der Waals surface area contributed by atoms with Gasteiger partial charge in [-0.2, -0.15) is 5.26 Å². The molecular formula is C16H18N4O4. The maximum Gasteiger partial charge on any atom is 0.328 e. The molecule has 2 saturated heterocycles. The molecule has 1 aromatic rings. The number of carboxylic acids is 2. The summed E-state index contributed by atoms with van der Waals surface area (Å²) < 4.78 is 0. The van der Waals surface area contributed by atoms with E-state index < -0.39 is 11.9 Å². The van der Waals surface area contributed by atoms with Crippen LogP contribution in [0.5, 0.6) is 0 Å². The van der Waals surface area contributed by atoms with E-state index in [1.165, 1.54) is 0 Å². The van der Waals surface area contributed by atoms with Crippen LogP contribution in [0.1, 0.15) is 11.3 Å². The maximum absolute atomic E-state index is 9.55. The molecule has 2 atom stereocenters. The van der Waals surface area contributed by atoms with Crippen molar-refractivity contribution in [1.82, 2.24) is 10.3 Å². The fraction of sp³-hybridized carbons (Fsp3) is 0.375. The van der Waals surface area contributed by atoms with Crippen LogP contribution in [0.2, 0.25) is 0 Å². The van der Waals surface area contributed by atoms with Crippen LogP contribution in [-0.4, -0.2) is 52.8 Å². The lowest BCUT2D eigenvalue weighted by Gasteiger charge is -2.29. The Hall–Kier alpha value is -2.92. The van der Waals surface area contributed by atoms with Crippen LogP contribution in [0.15, 0.2) is 24.4 Å². The topological polar surface area (TPSA) is 127 Å². The van der Waals surface area contributed by atoms with Crippen molar-refractivity contribution in [2.24, 2.45) is 5.92 Å². The van der Waals surface area contributed by atoms with E-state index in [4.69, 9.17) is 15.5 Å². The largest absolute Gasteiger partial charge is 0.478 e. The Balaban J connectivity index is 0.000000224. The van der Waals surface area contributed by atoms with E-state index in [1.54, 1.807) is 0 Å². The average molecular weight is 330 g/mol. The first-order chi connectivity index (χ1) is 11.4. The highest BCUT2D eigenvalue weighted by Crippen LogP contribution is 2.28. The number of rotatable bonds is 3. The molecule has 0 radical (unpaired) electrons. The number of aliphatic carboxylic acids is 2. The highest BCUT2D eigenvalue weighted by Gasteiger charge is 2.39. The molecule has 3 rings (SSSR count). The number of carboxylic acid groups (broad SMARTS) is 2. The maximum atomic E-state index is 9.55. The summed E-state index contributed by atoms with van der Waals surface area (Å²) in [7, 11) is 0. The molecular weight excluding hydrogens is 312 g/mol. The minimum atomic E-state index is -1.26. The summed E-state index contributed by atoms with van der Waals surface area (Å²) in [6.45, 7) is 5.14. The molecule has 8 heteroatoms. The Labute approximate surface area is 139 Å². The number of aryl methyl sites for hydroxylation is 1. The number of fused-ring (bicyclic) bond motifs is 1. The van der Waals surface area contributed by atoms with Crippen molar-refractivity contribution in [2.45, 2.75) is 13.0 Å². The van der Waals surface area contributed by atoms with Gasteiger partial charge in [-0.15, -0.1) is 0 Å². The first kappa shape index (κ1) is 17.4. The van der Waals surface area contributed by atoms with Crippen molar-refractivity contribution in [3.8, 4) is 6.07 Å². The second kappa shape index (κ2) is 7.57. The molecule has 0 aliphatic carbocycles. The molecule has 0 spiro atoms. The molecule has 0 bridgehead atoms.